The van der Waals surface area contributed by atoms with Gasteiger partial charge in [-0.3, -0.25) is 4.79 Å². The Morgan fingerprint density at radius 2 is 1.95 bits per heavy atom. The summed E-state index contributed by atoms with van der Waals surface area (Å²) in [5.74, 6) is -0.155. The average molecular weight is 343 g/mol. The molecule has 1 amide bonds. The lowest BCUT2D eigenvalue weighted by molar-refractivity contribution is 0.0326. The molecule has 0 aromatic heterocycles. The normalized spacial score (nSPS) is 14.2. The van der Waals surface area contributed by atoms with Crippen LogP contribution in [-0.2, 0) is 0 Å². The van der Waals surface area contributed by atoms with Crippen LogP contribution in [0.3, 0.4) is 0 Å². The Kier molecular flexibility index (Phi) is 5.74. The average Bonchev–Trinajstić information content (AvgIpc) is 2.29. The lowest BCUT2D eigenvalue weighted by Gasteiger charge is -2.27. The van der Waals surface area contributed by atoms with Crippen LogP contribution in [0.5, 0.6) is 0 Å². The lowest BCUT2D eigenvalue weighted by Crippen LogP contribution is -2.47. The van der Waals surface area contributed by atoms with Crippen molar-refractivity contribution in [3.63, 3.8) is 0 Å². The smallest absolute Gasteiger partial charge is 0.251 e. The molecule has 20 heavy (non-hydrogen) atoms. The van der Waals surface area contributed by atoms with E-state index in [1.54, 1.807) is 6.92 Å². The molecule has 2 N–H and O–H groups in total. The van der Waals surface area contributed by atoms with Crippen LogP contribution in [0.4, 0.5) is 0 Å². The van der Waals surface area contributed by atoms with Crippen LogP contribution in [0.25, 0.3) is 0 Å². The summed E-state index contributed by atoms with van der Waals surface area (Å²) in [7, 11) is 3.77. The first-order valence-corrected chi connectivity index (χ1v) is 7.34. The first kappa shape index (κ1) is 17.1. The summed E-state index contributed by atoms with van der Waals surface area (Å²) in [6.45, 7) is 6.27. The number of amides is 1. The molecule has 0 saturated heterocycles. The third-order valence-corrected chi connectivity index (χ3v) is 3.89. The summed E-state index contributed by atoms with van der Waals surface area (Å²) in [6, 6.07) is 3.79. The second kappa shape index (κ2) is 6.70. The number of benzene rings is 1. The minimum atomic E-state index is -0.947. The molecule has 0 fully saturated rings. The van der Waals surface area contributed by atoms with Crippen LogP contribution in [0.2, 0.25) is 0 Å². The SMILES string of the molecule is Cc1cc(C(=O)NCC(C)(O)CN(C)C)c(C)cc1Br. The van der Waals surface area contributed by atoms with Gasteiger partial charge in [-0.1, -0.05) is 15.9 Å². The summed E-state index contributed by atoms with van der Waals surface area (Å²) in [5.41, 5.74) is 1.62. The fraction of sp³-hybridized carbons (Fsp3) is 0.533. The fourth-order valence-electron chi connectivity index (χ4n) is 2.13. The third kappa shape index (κ3) is 4.89. The van der Waals surface area contributed by atoms with Crippen LogP contribution in [0.15, 0.2) is 16.6 Å². The van der Waals surface area contributed by atoms with E-state index in [2.05, 4.69) is 21.2 Å². The number of halogens is 1. The largest absolute Gasteiger partial charge is 0.387 e. The van der Waals surface area contributed by atoms with Crippen LogP contribution >= 0.6 is 15.9 Å². The summed E-state index contributed by atoms with van der Waals surface area (Å²) in [5, 5.41) is 13.0. The summed E-state index contributed by atoms with van der Waals surface area (Å²) in [6.07, 6.45) is 0. The first-order valence-electron chi connectivity index (χ1n) is 6.54. The molecule has 0 bridgehead atoms. The van der Waals surface area contributed by atoms with Crippen molar-refractivity contribution in [2.45, 2.75) is 26.4 Å². The molecular formula is C15H23BrN2O2. The highest BCUT2D eigenvalue weighted by molar-refractivity contribution is 9.10. The summed E-state index contributed by atoms with van der Waals surface area (Å²) >= 11 is 3.45. The van der Waals surface area contributed by atoms with E-state index in [1.165, 1.54) is 0 Å². The van der Waals surface area contributed by atoms with Crippen molar-refractivity contribution >= 4 is 21.8 Å². The van der Waals surface area contributed by atoms with Crippen molar-refractivity contribution < 1.29 is 9.90 Å². The quantitative estimate of drug-likeness (QED) is 0.861. The number of aryl methyl sites for hydroxylation is 2. The molecule has 1 aromatic rings. The number of hydrogen-bond acceptors (Lipinski definition) is 3. The summed E-state index contributed by atoms with van der Waals surface area (Å²) in [4.78, 5) is 14.1. The van der Waals surface area contributed by atoms with E-state index in [-0.39, 0.29) is 12.5 Å². The van der Waals surface area contributed by atoms with Crippen molar-refractivity contribution in [1.29, 1.82) is 0 Å². The highest BCUT2D eigenvalue weighted by Gasteiger charge is 2.22. The van der Waals surface area contributed by atoms with Crippen LogP contribution in [0.1, 0.15) is 28.4 Å². The topological polar surface area (TPSA) is 52.6 Å². The van der Waals surface area contributed by atoms with E-state index in [1.807, 2.05) is 45.0 Å². The Bertz CT molecular complexity index is 499. The molecule has 0 radical (unpaired) electrons. The predicted molar refractivity (Wildman–Crippen MR) is 85.1 cm³/mol. The van der Waals surface area contributed by atoms with Gasteiger partial charge >= 0.3 is 0 Å². The highest BCUT2D eigenvalue weighted by atomic mass is 79.9. The van der Waals surface area contributed by atoms with Gasteiger partial charge in [0.15, 0.2) is 0 Å². The maximum Gasteiger partial charge on any atom is 0.251 e. The molecule has 0 aliphatic heterocycles. The van der Waals surface area contributed by atoms with Gasteiger partial charge in [0.2, 0.25) is 0 Å². The van der Waals surface area contributed by atoms with E-state index in [4.69, 9.17) is 0 Å². The van der Waals surface area contributed by atoms with Gasteiger partial charge in [0, 0.05) is 23.1 Å². The van der Waals surface area contributed by atoms with Crippen LogP contribution in [0, 0.1) is 13.8 Å². The zero-order valence-corrected chi connectivity index (χ0v) is 14.3. The number of aliphatic hydroxyl groups is 1. The number of carbonyl (C=O) groups excluding carboxylic acids is 1. The molecule has 0 heterocycles. The predicted octanol–water partition coefficient (Wildman–Crippen LogP) is 2.11. The van der Waals surface area contributed by atoms with Gasteiger partial charge in [0.1, 0.15) is 0 Å². The van der Waals surface area contributed by atoms with E-state index >= 15 is 0 Å². The van der Waals surface area contributed by atoms with Gasteiger partial charge in [0.25, 0.3) is 5.91 Å². The maximum atomic E-state index is 12.2. The zero-order valence-electron chi connectivity index (χ0n) is 12.7. The van der Waals surface area contributed by atoms with Crippen molar-refractivity contribution in [2.24, 2.45) is 0 Å². The maximum absolute atomic E-state index is 12.2. The second-order valence-electron chi connectivity index (χ2n) is 5.83. The highest BCUT2D eigenvalue weighted by Crippen LogP contribution is 2.21. The van der Waals surface area contributed by atoms with Crippen molar-refractivity contribution in [3.8, 4) is 0 Å². The van der Waals surface area contributed by atoms with Gasteiger partial charge in [0.05, 0.1) is 5.60 Å². The van der Waals surface area contributed by atoms with Crippen LogP contribution < -0.4 is 5.32 Å². The Labute approximate surface area is 129 Å². The Hall–Kier alpha value is -0.910. The molecule has 0 saturated carbocycles. The van der Waals surface area contributed by atoms with E-state index in [0.717, 1.165) is 15.6 Å². The fourth-order valence-corrected chi connectivity index (χ4v) is 2.59. The van der Waals surface area contributed by atoms with Gasteiger partial charge in [-0.2, -0.15) is 0 Å². The number of likely N-dealkylation sites (N-methyl/N-ethyl adjacent to an activating group) is 1. The molecule has 0 aliphatic carbocycles. The molecular weight excluding hydrogens is 320 g/mol. The Balaban J connectivity index is 2.75. The van der Waals surface area contributed by atoms with Crippen molar-refractivity contribution in [3.05, 3.63) is 33.3 Å². The number of carbonyl (C=O) groups is 1. The molecule has 112 valence electrons. The van der Waals surface area contributed by atoms with Gasteiger partial charge in [-0.15, -0.1) is 0 Å². The Morgan fingerprint density at radius 3 is 2.50 bits per heavy atom. The van der Waals surface area contributed by atoms with Crippen molar-refractivity contribution in [2.75, 3.05) is 27.2 Å². The minimum absolute atomic E-state index is 0.155. The molecule has 1 atom stereocenters. The molecule has 0 spiro atoms. The number of nitrogens with zero attached hydrogens (tertiary/aromatic N) is 1. The first-order chi connectivity index (χ1) is 9.12. The molecule has 1 aromatic carbocycles. The van der Waals surface area contributed by atoms with Crippen molar-refractivity contribution in [1.82, 2.24) is 10.2 Å². The Morgan fingerprint density at radius 1 is 1.35 bits per heavy atom. The standard InChI is InChI=1S/C15H23BrN2O2/c1-10-7-13(16)11(2)6-12(10)14(19)17-8-15(3,20)9-18(4)5/h6-7,20H,8-9H2,1-5H3,(H,17,19). The molecule has 5 heteroatoms. The number of rotatable bonds is 5. The van der Waals surface area contributed by atoms with Gasteiger partial charge in [-0.25, -0.2) is 0 Å². The lowest BCUT2D eigenvalue weighted by atomic mass is 10.0. The van der Waals surface area contributed by atoms with E-state index in [0.29, 0.717) is 12.1 Å². The van der Waals surface area contributed by atoms with Gasteiger partial charge < -0.3 is 15.3 Å². The third-order valence-electron chi connectivity index (χ3n) is 3.04. The minimum Gasteiger partial charge on any atom is -0.387 e. The monoisotopic (exact) mass is 342 g/mol. The molecule has 0 aliphatic rings. The van der Waals surface area contributed by atoms with E-state index < -0.39 is 5.60 Å². The zero-order chi connectivity index (χ0) is 15.5. The molecule has 1 unspecified atom stereocenters. The van der Waals surface area contributed by atoms with Crippen LogP contribution in [-0.4, -0.2) is 48.7 Å². The molecule has 4 nitrogen and oxygen atoms in total. The second-order valence-corrected chi connectivity index (χ2v) is 6.69. The van der Waals surface area contributed by atoms with Gasteiger partial charge in [-0.05, 0) is 58.1 Å². The number of hydrogen-bond donors (Lipinski definition) is 2. The number of nitrogens with one attached hydrogen (secondary N) is 1. The van der Waals surface area contributed by atoms with E-state index in [9.17, 15) is 9.90 Å². The molecule has 1 rings (SSSR count). The summed E-state index contributed by atoms with van der Waals surface area (Å²) < 4.78 is 0.992.